The van der Waals surface area contributed by atoms with Gasteiger partial charge in [-0.25, -0.2) is 4.79 Å². The maximum atomic E-state index is 15.3. The van der Waals surface area contributed by atoms with E-state index < -0.39 is 35.1 Å². The molecule has 7 unspecified atom stereocenters. The number of carbonyl (C=O) groups excluding carboxylic acids is 1. The first-order valence-corrected chi connectivity index (χ1v) is 23.6. The highest BCUT2D eigenvalue weighted by Crippen LogP contribution is 2.62. The number of ether oxygens (including phenoxy) is 5. The molecule has 7 atom stereocenters. The smallest absolute Gasteiger partial charge is 0.416 e. The normalized spacial score (nSPS) is 24.6. The second kappa shape index (κ2) is 22.2. The van der Waals surface area contributed by atoms with E-state index in [1.165, 1.54) is 24.3 Å². The van der Waals surface area contributed by atoms with E-state index in [1.807, 2.05) is 60.7 Å². The topological polar surface area (TPSA) is 172 Å². The van der Waals surface area contributed by atoms with Gasteiger partial charge in [0, 0.05) is 49.7 Å². The van der Waals surface area contributed by atoms with Gasteiger partial charge in [0.2, 0.25) is 12.1 Å². The molecule has 0 radical (unpaired) electrons. The maximum Gasteiger partial charge on any atom is 0.416 e. The van der Waals surface area contributed by atoms with Gasteiger partial charge in [-0.1, -0.05) is 85.3 Å². The number of aliphatic hydroxyl groups excluding tert-OH is 2. The third-order valence-corrected chi connectivity index (χ3v) is 13.5. The zero-order chi connectivity index (χ0) is 46.8. The minimum Gasteiger partial charge on any atom is -0.490 e. The second-order valence-corrected chi connectivity index (χ2v) is 17.7. The van der Waals surface area contributed by atoms with Gasteiger partial charge in [-0.15, -0.1) is 6.58 Å². The van der Waals surface area contributed by atoms with Gasteiger partial charge in [0.1, 0.15) is 29.9 Å². The molecule has 0 bridgehead atoms. The van der Waals surface area contributed by atoms with Crippen molar-refractivity contribution < 1.29 is 48.5 Å². The van der Waals surface area contributed by atoms with Crippen molar-refractivity contribution >= 4 is 28.3 Å². The minimum atomic E-state index is -1.58. The standard InChI is InChI=1S/C53H61N3O11/c1-3-29-62-41-25-26-47-45(33-41)50-43(19-8-11-28-58)37(15-7-10-27-57)32-44-46(54-67-49-20-9-12-31-63-49)34-48(53(66-47,51(44)50)64-30-4-2)55(35-38-17-13-16-36-14-5-6-18-42(36)38)52(59)65-40-23-21-39(22-24-40)56(60)61/h3-6,13-14,16-18,21-26,32-33,37,43,48-51,57-58H,1-2,7-12,15,19-20,27-31,34-35H2. The molecule has 4 aliphatic rings. The van der Waals surface area contributed by atoms with E-state index in [9.17, 15) is 20.3 Å². The second-order valence-electron chi connectivity index (χ2n) is 17.7. The zero-order valence-electron chi connectivity index (χ0n) is 37.9. The minimum absolute atomic E-state index is 0.0100. The monoisotopic (exact) mass is 915 g/mol. The van der Waals surface area contributed by atoms with E-state index in [4.69, 9.17) is 33.7 Å². The van der Waals surface area contributed by atoms with Gasteiger partial charge in [0.25, 0.3) is 5.69 Å². The van der Waals surface area contributed by atoms with Crippen molar-refractivity contribution in [1.82, 2.24) is 4.90 Å². The van der Waals surface area contributed by atoms with Gasteiger partial charge in [-0.05, 0) is 103 Å². The van der Waals surface area contributed by atoms with Crippen molar-refractivity contribution in [2.24, 2.45) is 22.9 Å². The van der Waals surface area contributed by atoms with Crippen molar-refractivity contribution in [1.29, 1.82) is 0 Å². The molecule has 354 valence electrons. The first-order valence-electron chi connectivity index (χ1n) is 23.6. The Bertz CT molecular complexity index is 2430. The Morgan fingerprint density at radius 1 is 0.925 bits per heavy atom. The lowest BCUT2D eigenvalue weighted by molar-refractivity contribution is -0.384. The molecule has 2 aliphatic heterocycles. The molecule has 8 rings (SSSR count). The Kier molecular flexibility index (Phi) is 15.7. The summed E-state index contributed by atoms with van der Waals surface area (Å²) in [5.41, 5.74) is 3.12. The van der Waals surface area contributed by atoms with Gasteiger partial charge in [-0.3, -0.25) is 15.0 Å². The molecule has 2 aliphatic carbocycles. The number of nitro benzene ring substituents is 1. The summed E-state index contributed by atoms with van der Waals surface area (Å²) in [5.74, 6) is -1.10. The molecule has 0 spiro atoms. The van der Waals surface area contributed by atoms with Crippen molar-refractivity contribution in [2.75, 3.05) is 33.0 Å². The fourth-order valence-electron chi connectivity index (χ4n) is 10.5. The van der Waals surface area contributed by atoms with Crippen LogP contribution in [0.15, 0.2) is 127 Å². The molecular formula is C53H61N3O11. The summed E-state index contributed by atoms with van der Waals surface area (Å²) in [6.45, 7) is 9.04. The van der Waals surface area contributed by atoms with Crippen LogP contribution in [0.5, 0.6) is 17.2 Å². The Morgan fingerprint density at radius 3 is 2.43 bits per heavy atom. The molecule has 2 fully saturated rings. The first kappa shape index (κ1) is 47.4. The van der Waals surface area contributed by atoms with Gasteiger partial charge in [0.05, 0.1) is 36.3 Å². The lowest BCUT2D eigenvalue weighted by Gasteiger charge is -2.59. The van der Waals surface area contributed by atoms with Crippen LogP contribution < -0.4 is 14.2 Å². The molecule has 4 aromatic rings. The number of benzene rings is 4. The molecule has 67 heavy (non-hydrogen) atoms. The van der Waals surface area contributed by atoms with Crippen LogP contribution in [0.4, 0.5) is 10.5 Å². The Hall–Kier alpha value is -6.06. The number of non-ortho nitro benzene ring substituents is 1. The summed E-state index contributed by atoms with van der Waals surface area (Å²) >= 11 is 0. The number of oxime groups is 1. The largest absolute Gasteiger partial charge is 0.490 e. The quantitative estimate of drug-likeness (QED) is 0.0353. The molecule has 0 aromatic heterocycles. The number of amides is 1. The molecule has 2 N–H and O–H groups in total. The number of nitro groups is 1. The predicted molar refractivity (Wildman–Crippen MR) is 254 cm³/mol. The highest BCUT2D eigenvalue weighted by Gasteiger charge is 2.66. The molecule has 2 heterocycles. The highest BCUT2D eigenvalue weighted by atomic mass is 16.8. The number of hydrogen-bond acceptors (Lipinski definition) is 12. The van der Waals surface area contributed by atoms with E-state index in [0.717, 1.165) is 66.0 Å². The van der Waals surface area contributed by atoms with Gasteiger partial charge in [0.15, 0.2) is 0 Å². The third-order valence-electron chi connectivity index (χ3n) is 13.5. The van der Waals surface area contributed by atoms with E-state index in [0.29, 0.717) is 49.7 Å². The molecule has 1 saturated carbocycles. The van der Waals surface area contributed by atoms with Crippen LogP contribution in [0, 0.1) is 27.9 Å². The van der Waals surface area contributed by atoms with Crippen molar-refractivity contribution in [3.8, 4) is 17.2 Å². The summed E-state index contributed by atoms with van der Waals surface area (Å²) in [7, 11) is 0. The van der Waals surface area contributed by atoms with Crippen LogP contribution in [0.3, 0.4) is 0 Å². The van der Waals surface area contributed by atoms with Gasteiger partial charge >= 0.3 is 6.09 Å². The summed E-state index contributed by atoms with van der Waals surface area (Å²) < 4.78 is 33.0. The zero-order valence-corrected chi connectivity index (χ0v) is 37.9. The average Bonchev–Trinajstić information content (AvgIpc) is 3.35. The molecule has 14 nitrogen and oxygen atoms in total. The van der Waals surface area contributed by atoms with Gasteiger partial charge < -0.3 is 38.7 Å². The predicted octanol–water partition coefficient (Wildman–Crippen LogP) is 10.2. The summed E-state index contributed by atoms with van der Waals surface area (Å²) in [5, 5.41) is 38.5. The fourth-order valence-corrected chi connectivity index (χ4v) is 10.5. The maximum absolute atomic E-state index is 15.3. The highest BCUT2D eigenvalue weighted by molar-refractivity contribution is 6.03. The number of nitrogens with zero attached hydrogens (tertiary/aromatic N) is 3. The Labute approximate surface area is 391 Å². The lowest BCUT2D eigenvalue weighted by atomic mass is 9.55. The van der Waals surface area contributed by atoms with Crippen molar-refractivity contribution in [3.05, 3.63) is 143 Å². The molecule has 14 heteroatoms. The fraction of sp³-hybridized carbons (Fsp3) is 0.434. The van der Waals surface area contributed by atoms with Crippen molar-refractivity contribution in [3.63, 3.8) is 0 Å². The summed E-state index contributed by atoms with van der Waals surface area (Å²) in [6.07, 6.45) is 11.4. The molecule has 4 aromatic carbocycles. The van der Waals surface area contributed by atoms with Gasteiger partial charge in [-0.2, -0.15) is 0 Å². The van der Waals surface area contributed by atoms with Crippen LogP contribution in [-0.4, -0.2) is 83.0 Å². The van der Waals surface area contributed by atoms with Crippen LogP contribution in [0.1, 0.15) is 81.3 Å². The summed E-state index contributed by atoms with van der Waals surface area (Å²) in [6, 6.07) is 24.2. The first-order chi connectivity index (χ1) is 32.8. The van der Waals surface area contributed by atoms with E-state index in [-0.39, 0.29) is 62.0 Å². The SMILES string of the molecule is C=CCOc1ccc2c(c1)C1C(CCCCO)C(CCCCO)C=C3C(=NOC4CCCCO4)CC(N(Cc4cccc5ccccc45)C(=O)Oc4ccc([N+](=O)[O-])cc4)C(OCC=C)(O2)C31. The van der Waals surface area contributed by atoms with E-state index in [2.05, 4.69) is 19.2 Å². The van der Waals surface area contributed by atoms with E-state index >= 15 is 4.79 Å². The number of allylic oxidation sites excluding steroid dienone is 1. The number of hydrogen-bond donors (Lipinski definition) is 2. The average molecular weight is 916 g/mol. The molecule has 1 amide bonds. The number of aliphatic hydroxyl groups is 2. The number of unbranched alkanes of at least 4 members (excludes halogenated alkanes) is 2. The van der Waals surface area contributed by atoms with Crippen LogP contribution in [0.2, 0.25) is 0 Å². The Balaban J connectivity index is 1.36. The Morgan fingerprint density at radius 2 is 1.69 bits per heavy atom. The van der Waals surface area contributed by atoms with Crippen LogP contribution in [0.25, 0.3) is 10.8 Å². The summed E-state index contributed by atoms with van der Waals surface area (Å²) in [4.78, 5) is 34.4. The third kappa shape index (κ3) is 10.4. The number of carbonyl (C=O) groups is 1. The molecule has 1 saturated heterocycles. The number of rotatable bonds is 21. The van der Waals surface area contributed by atoms with Crippen LogP contribution in [-0.2, 0) is 20.9 Å². The van der Waals surface area contributed by atoms with Crippen molar-refractivity contribution in [2.45, 2.75) is 94.8 Å². The number of fused-ring (bicyclic) bond motifs is 3. The van der Waals surface area contributed by atoms with E-state index in [1.54, 1.807) is 17.1 Å². The van der Waals surface area contributed by atoms with Crippen LogP contribution >= 0.6 is 0 Å². The lowest BCUT2D eigenvalue weighted by Crippen LogP contribution is -2.70. The molecular weight excluding hydrogens is 855 g/mol.